The van der Waals surface area contributed by atoms with Crippen molar-refractivity contribution in [2.75, 3.05) is 0 Å². The highest BCUT2D eigenvalue weighted by Crippen LogP contribution is 2.30. The van der Waals surface area contributed by atoms with E-state index in [4.69, 9.17) is 0 Å². The first kappa shape index (κ1) is 9.60. The van der Waals surface area contributed by atoms with Gasteiger partial charge in [0.2, 0.25) is 0 Å². The van der Waals surface area contributed by atoms with E-state index in [0.717, 1.165) is 0 Å². The molecule has 0 bridgehead atoms. The first-order chi connectivity index (χ1) is 6.77. The largest absolute Gasteiger partial charge is 0.122 e. The van der Waals surface area contributed by atoms with Gasteiger partial charge in [0.1, 0.15) is 0 Å². The number of rotatable bonds is 2. The van der Waals surface area contributed by atoms with Crippen LogP contribution < -0.4 is 0 Å². The van der Waals surface area contributed by atoms with Crippen molar-refractivity contribution < 1.29 is 0 Å². The Morgan fingerprint density at radius 2 is 1.79 bits per heavy atom. The van der Waals surface area contributed by atoms with Crippen LogP contribution in [0.1, 0.15) is 6.92 Å². The van der Waals surface area contributed by atoms with Crippen LogP contribution in [0.4, 0.5) is 0 Å². The molecule has 1 heteroatoms. The smallest absolute Gasteiger partial charge is 0.0153 e. The first-order valence-electron chi connectivity index (χ1n) is 4.75. The zero-order chi connectivity index (χ0) is 9.97. The lowest BCUT2D eigenvalue weighted by Crippen LogP contribution is -1.87. The maximum atomic E-state index is 4.00. The van der Waals surface area contributed by atoms with Gasteiger partial charge in [-0.15, -0.1) is 11.8 Å². The van der Waals surface area contributed by atoms with Gasteiger partial charge in [-0.1, -0.05) is 43.3 Å². The molecule has 0 saturated carbocycles. The summed E-state index contributed by atoms with van der Waals surface area (Å²) in [7, 11) is 0. The van der Waals surface area contributed by atoms with Gasteiger partial charge in [-0.25, -0.2) is 0 Å². The van der Waals surface area contributed by atoms with Crippen LogP contribution in [0, 0.1) is 6.92 Å². The molecular weight excluding hydrogens is 188 g/mol. The van der Waals surface area contributed by atoms with Gasteiger partial charge in [0.15, 0.2) is 0 Å². The van der Waals surface area contributed by atoms with Gasteiger partial charge in [-0.05, 0) is 23.8 Å². The topological polar surface area (TPSA) is 0 Å². The van der Waals surface area contributed by atoms with Crippen molar-refractivity contribution in [2.24, 2.45) is 0 Å². The maximum absolute atomic E-state index is 4.00. The molecule has 0 nitrogen and oxygen atoms in total. The molecule has 2 rings (SSSR count). The second-order valence-electron chi connectivity index (χ2n) is 3.41. The second kappa shape index (κ2) is 4.05. The molecular formula is C13H13S. The minimum absolute atomic E-state index is 0.390. The van der Waals surface area contributed by atoms with E-state index in [1.807, 2.05) is 11.8 Å². The number of thioether (sulfide) groups is 1. The molecule has 0 fully saturated rings. The van der Waals surface area contributed by atoms with Crippen LogP contribution in [0.5, 0.6) is 0 Å². The Balaban J connectivity index is 2.53. The molecule has 1 atom stereocenters. The molecule has 0 spiro atoms. The fourth-order valence-electron chi connectivity index (χ4n) is 1.52. The Kier molecular flexibility index (Phi) is 2.78. The van der Waals surface area contributed by atoms with Crippen LogP contribution in [0.2, 0.25) is 0 Å². The Labute approximate surface area is 89.3 Å². The van der Waals surface area contributed by atoms with Crippen molar-refractivity contribution in [2.45, 2.75) is 17.1 Å². The van der Waals surface area contributed by atoms with Crippen molar-refractivity contribution in [3.05, 3.63) is 49.4 Å². The summed E-state index contributed by atoms with van der Waals surface area (Å²) < 4.78 is 0. The summed E-state index contributed by atoms with van der Waals surface area (Å²) in [5.74, 6) is 0. The number of hydrogen-bond donors (Lipinski definition) is 0. The van der Waals surface area contributed by atoms with Crippen LogP contribution in [0.3, 0.4) is 0 Å². The van der Waals surface area contributed by atoms with E-state index >= 15 is 0 Å². The Bertz CT molecular complexity index is 427. The zero-order valence-corrected chi connectivity index (χ0v) is 9.05. The van der Waals surface area contributed by atoms with E-state index in [9.17, 15) is 0 Å². The third-order valence-corrected chi connectivity index (χ3v) is 3.09. The molecule has 1 unspecified atom stereocenters. The highest BCUT2D eigenvalue weighted by molar-refractivity contribution is 8.00. The summed E-state index contributed by atoms with van der Waals surface area (Å²) >= 11 is 1.82. The fourth-order valence-corrected chi connectivity index (χ4v) is 2.42. The Morgan fingerprint density at radius 1 is 1.07 bits per heavy atom. The van der Waals surface area contributed by atoms with E-state index in [0.29, 0.717) is 5.25 Å². The summed E-state index contributed by atoms with van der Waals surface area (Å²) in [5.41, 5.74) is 0. The predicted molar refractivity (Wildman–Crippen MR) is 64.6 cm³/mol. The zero-order valence-electron chi connectivity index (χ0n) is 8.23. The summed E-state index contributed by atoms with van der Waals surface area (Å²) in [6.07, 6.45) is 0. The first-order valence-corrected chi connectivity index (χ1v) is 5.63. The number of benzene rings is 2. The molecule has 2 aromatic rings. The van der Waals surface area contributed by atoms with Gasteiger partial charge in [0.25, 0.3) is 0 Å². The lowest BCUT2D eigenvalue weighted by Gasteiger charge is -2.07. The normalized spacial score (nSPS) is 11.1. The van der Waals surface area contributed by atoms with E-state index in [1.54, 1.807) is 0 Å². The molecule has 0 amide bonds. The maximum Gasteiger partial charge on any atom is 0.0153 e. The molecule has 14 heavy (non-hydrogen) atoms. The van der Waals surface area contributed by atoms with Crippen molar-refractivity contribution >= 4 is 22.5 Å². The molecule has 0 aliphatic carbocycles. The van der Waals surface area contributed by atoms with Gasteiger partial charge in [0, 0.05) is 10.1 Å². The van der Waals surface area contributed by atoms with E-state index in [-0.39, 0.29) is 0 Å². The second-order valence-corrected chi connectivity index (χ2v) is 4.89. The molecule has 0 aliphatic rings. The van der Waals surface area contributed by atoms with Crippen molar-refractivity contribution in [3.8, 4) is 0 Å². The molecule has 1 radical (unpaired) electrons. The van der Waals surface area contributed by atoms with Crippen molar-refractivity contribution in [3.63, 3.8) is 0 Å². The average molecular weight is 201 g/mol. The van der Waals surface area contributed by atoms with Crippen molar-refractivity contribution in [1.82, 2.24) is 0 Å². The monoisotopic (exact) mass is 201 g/mol. The summed E-state index contributed by atoms with van der Waals surface area (Å²) in [6, 6.07) is 14.9. The van der Waals surface area contributed by atoms with Crippen LogP contribution >= 0.6 is 11.8 Å². The van der Waals surface area contributed by atoms with Crippen LogP contribution in [0.25, 0.3) is 10.8 Å². The predicted octanol–water partition coefficient (Wildman–Crippen LogP) is 4.15. The fraction of sp³-hybridized carbons (Fsp3) is 0.154. The molecule has 71 valence electrons. The molecule has 0 heterocycles. The summed E-state index contributed by atoms with van der Waals surface area (Å²) in [6.45, 7) is 6.12. The van der Waals surface area contributed by atoms with E-state index in [1.165, 1.54) is 15.7 Å². The van der Waals surface area contributed by atoms with Gasteiger partial charge >= 0.3 is 0 Å². The highest BCUT2D eigenvalue weighted by atomic mass is 32.2. The Hall–Kier alpha value is -0.950. The lowest BCUT2D eigenvalue weighted by atomic mass is 10.1. The van der Waals surface area contributed by atoms with Gasteiger partial charge in [-0.3, -0.25) is 0 Å². The molecule has 0 aromatic heterocycles. The molecule has 0 saturated heterocycles. The van der Waals surface area contributed by atoms with Gasteiger partial charge in [0.05, 0.1) is 0 Å². The minimum atomic E-state index is 0.390. The SMILES string of the molecule is [CH2]C(C)Sc1cccc2ccccc12. The van der Waals surface area contributed by atoms with E-state index in [2.05, 4.69) is 56.3 Å². The molecule has 0 aliphatic heterocycles. The minimum Gasteiger partial charge on any atom is -0.122 e. The number of hydrogen-bond acceptors (Lipinski definition) is 1. The quantitative estimate of drug-likeness (QED) is 0.658. The van der Waals surface area contributed by atoms with Crippen molar-refractivity contribution in [1.29, 1.82) is 0 Å². The highest BCUT2D eigenvalue weighted by Gasteiger charge is 2.02. The number of fused-ring (bicyclic) bond motifs is 1. The Morgan fingerprint density at radius 3 is 2.57 bits per heavy atom. The average Bonchev–Trinajstić information content (AvgIpc) is 2.18. The van der Waals surface area contributed by atoms with E-state index < -0.39 is 0 Å². The van der Waals surface area contributed by atoms with Gasteiger partial charge < -0.3 is 0 Å². The van der Waals surface area contributed by atoms with Crippen LogP contribution in [-0.4, -0.2) is 5.25 Å². The third kappa shape index (κ3) is 1.93. The standard InChI is InChI=1S/C13H13S/c1-10(2)14-13-9-5-7-11-6-3-4-8-12(11)13/h3-10H,1H2,2H3. The van der Waals surface area contributed by atoms with Crippen LogP contribution in [-0.2, 0) is 0 Å². The van der Waals surface area contributed by atoms with Gasteiger partial charge in [-0.2, -0.15) is 0 Å². The van der Waals surface area contributed by atoms with Crippen LogP contribution in [0.15, 0.2) is 47.4 Å². The molecule has 2 aromatic carbocycles. The molecule has 0 N–H and O–H groups in total. The lowest BCUT2D eigenvalue weighted by molar-refractivity contribution is 1.24. The summed E-state index contributed by atoms with van der Waals surface area (Å²) in [4.78, 5) is 1.32. The summed E-state index contributed by atoms with van der Waals surface area (Å²) in [5, 5.41) is 3.02. The third-order valence-electron chi connectivity index (χ3n) is 2.08.